The first-order valence-electron chi connectivity index (χ1n) is 8.75. The maximum Gasteiger partial charge on any atom is 0.407 e. The Hall–Kier alpha value is -1.95. The first kappa shape index (κ1) is 19.4. The molecule has 1 fully saturated rings. The Morgan fingerprint density at radius 1 is 1.36 bits per heavy atom. The van der Waals surface area contributed by atoms with Crippen LogP contribution in [0.15, 0.2) is 29.3 Å². The van der Waals surface area contributed by atoms with Crippen molar-refractivity contribution in [3.8, 4) is 0 Å². The average Bonchev–Trinajstić information content (AvgIpc) is 3.43. The van der Waals surface area contributed by atoms with Gasteiger partial charge < -0.3 is 20.7 Å². The molecule has 1 aliphatic carbocycles. The van der Waals surface area contributed by atoms with Gasteiger partial charge in [0.2, 0.25) is 0 Å². The summed E-state index contributed by atoms with van der Waals surface area (Å²) in [6.45, 7) is 3.52. The molecule has 0 heterocycles. The average molecular weight is 367 g/mol. The summed E-state index contributed by atoms with van der Waals surface area (Å²) in [5.41, 5.74) is 1.10. The number of hydrogen-bond donors (Lipinski definition) is 3. The number of rotatable bonds is 8. The van der Waals surface area contributed by atoms with Crippen molar-refractivity contribution in [2.45, 2.75) is 32.2 Å². The monoisotopic (exact) mass is 366 g/mol. The SMILES string of the molecule is CCOC(=O)NC(CNC(=NC)NCCc1ccccc1Cl)C1CC1. The molecule has 0 saturated heterocycles. The third kappa shape index (κ3) is 6.82. The summed E-state index contributed by atoms with van der Waals surface area (Å²) < 4.78 is 4.97. The summed E-state index contributed by atoms with van der Waals surface area (Å²) in [6, 6.07) is 7.88. The van der Waals surface area contributed by atoms with E-state index >= 15 is 0 Å². The minimum absolute atomic E-state index is 0.0566. The molecular weight excluding hydrogens is 340 g/mol. The van der Waals surface area contributed by atoms with E-state index in [0.717, 1.165) is 36.4 Å². The number of nitrogens with zero attached hydrogens (tertiary/aromatic N) is 1. The van der Waals surface area contributed by atoms with Gasteiger partial charge in [0.15, 0.2) is 5.96 Å². The predicted molar refractivity (Wildman–Crippen MR) is 101 cm³/mol. The Morgan fingerprint density at radius 2 is 2.12 bits per heavy atom. The highest BCUT2D eigenvalue weighted by Crippen LogP contribution is 2.32. The Kier molecular flexibility index (Phi) is 7.85. The summed E-state index contributed by atoms with van der Waals surface area (Å²) >= 11 is 6.17. The molecule has 6 nitrogen and oxygen atoms in total. The van der Waals surface area contributed by atoms with Crippen LogP contribution in [0.2, 0.25) is 5.02 Å². The maximum atomic E-state index is 11.6. The Morgan fingerprint density at radius 3 is 2.76 bits per heavy atom. The first-order chi connectivity index (χ1) is 12.1. The highest BCUT2D eigenvalue weighted by Gasteiger charge is 2.32. The van der Waals surface area contributed by atoms with Crippen molar-refractivity contribution in [2.75, 3.05) is 26.7 Å². The quantitative estimate of drug-likeness (QED) is 0.488. The van der Waals surface area contributed by atoms with Crippen molar-refractivity contribution in [1.82, 2.24) is 16.0 Å². The maximum absolute atomic E-state index is 11.6. The minimum atomic E-state index is -0.358. The molecule has 1 unspecified atom stereocenters. The molecule has 0 radical (unpaired) electrons. The second-order valence-corrected chi connectivity index (χ2v) is 6.44. The Labute approximate surface area is 154 Å². The van der Waals surface area contributed by atoms with Crippen molar-refractivity contribution < 1.29 is 9.53 Å². The van der Waals surface area contributed by atoms with Gasteiger partial charge in [-0.2, -0.15) is 0 Å². The van der Waals surface area contributed by atoms with Gasteiger partial charge in [-0.25, -0.2) is 4.79 Å². The minimum Gasteiger partial charge on any atom is -0.450 e. The number of halogens is 1. The zero-order chi connectivity index (χ0) is 18.1. The molecule has 0 aromatic heterocycles. The molecule has 0 spiro atoms. The molecule has 1 atom stereocenters. The van der Waals surface area contributed by atoms with Crippen molar-refractivity contribution in [3.63, 3.8) is 0 Å². The summed E-state index contributed by atoms with van der Waals surface area (Å²) in [4.78, 5) is 15.9. The normalized spacial score (nSPS) is 15.4. The van der Waals surface area contributed by atoms with Gasteiger partial charge in [-0.1, -0.05) is 29.8 Å². The third-order valence-electron chi connectivity index (χ3n) is 4.13. The fourth-order valence-corrected chi connectivity index (χ4v) is 2.83. The number of aliphatic imine (C=N–C) groups is 1. The summed E-state index contributed by atoms with van der Waals surface area (Å²) in [7, 11) is 1.73. The van der Waals surface area contributed by atoms with Crippen LogP contribution >= 0.6 is 11.6 Å². The summed E-state index contributed by atoms with van der Waals surface area (Å²) in [5, 5.41) is 10.3. The molecule has 0 aliphatic heterocycles. The molecule has 1 aromatic carbocycles. The Bertz CT molecular complexity index is 590. The van der Waals surface area contributed by atoms with Crippen LogP contribution in [-0.4, -0.2) is 44.8 Å². The molecule has 2 rings (SSSR count). The van der Waals surface area contributed by atoms with Crippen molar-refractivity contribution >= 4 is 23.7 Å². The van der Waals surface area contributed by atoms with E-state index in [4.69, 9.17) is 16.3 Å². The second kappa shape index (κ2) is 10.1. The van der Waals surface area contributed by atoms with Gasteiger partial charge in [-0.05, 0) is 43.7 Å². The first-order valence-corrected chi connectivity index (χ1v) is 9.13. The molecule has 3 N–H and O–H groups in total. The molecule has 1 aromatic rings. The number of amides is 1. The van der Waals surface area contributed by atoms with Gasteiger partial charge in [0.05, 0.1) is 12.6 Å². The predicted octanol–water partition coefficient (Wildman–Crippen LogP) is 2.57. The molecule has 138 valence electrons. The van der Waals surface area contributed by atoms with Gasteiger partial charge in [0, 0.05) is 25.2 Å². The van der Waals surface area contributed by atoms with Gasteiger partial charge in [0.1, 0.15) is 0 Å². The van der Waals surface area contributed by atoms with E-state index in [9.17, 15) is 4.79 Å². The number of carbonyl (C=O) groups is 1. The highest BCUT2D eigenvalue weighted by molar-refractivity contribution is 6.31. The lowest BCUT2D eigenvalue weighted by molar-refractivity contribution is 0.146. The fourth-order valence-electron chi connectivity index (χ4n) is 2.60. The summed E-state index contributed by atoms with van der Waals surface area (Å²) in [5.74, 6) is 1.22. The standard InChI is InChI=1S/C18H27ClN4O2/c1-3-25-18(24)23-16(14-8-9-14)12-22-17(20-2)21-11-10-13-6-4-5-7-15(13)19/h4-7,14,16H,3,8-12H2,1-2H3,(H,23,24)(H2,20,21,22). The van der Waals surface area contributed by atoms with Crippen molar-refractivity contribution in [2.24, 2.45) is 10.9 Å². The molecule has 25 heavy (non-hydrogen) atoms. The number of nitrogens with one attached hydrogen (secondary N) is 3. The van der Waals surface area contributed by atoms with Crippen LogP contribution in [-0.2, 0) is 11.2 Å². The lowest BCUT2D eigenvalue weighted by Gasteiger charge is -2.20. The van der Waals surface area contributed by atoms with Crippen LogP contribution < -0.4 is 16.0 Å². The number of guanidine groups is 1. The van der Waals surface area contributed by atoms with Crippen LogP contribution in [0.1, 0.15) is 25.3 Å². The lowest BCUT2D eigenvalue weighted by atomic mass is 10.1. The van der Waals surface area contributed by atoms with E-state index in [1.54, 1.807) is 14.0 Å². The van der Waals surface area contributed by atoms with Crippen molar-refractivity contribution in [3.05, 3.63) is 34.9 Å². The smallest absolute Gasteiger partial charge is 0.407 e. The van der Waals surface area contributed by atoms with Crippen LogP contribution in [0.4, 0.5) is 4.79 Å². The molecule has 1 amide bonds. The topological polar surface area (TPSA) is 74.8 Å². The van der Waals surface area contributed by atoms with Gasteiger partial charge in [0.25, 0.3) is 0 Å². The zero-order valence-corrected chi connectivity index (χ0v) is 15.6. The van der Waals surface area contributed by atoms with Crippen molar-refractivity contribution in [1.29, 1.82) is 0 Å². The number of carbonyl (C=O) groups excluding carboxylic acids is 1. The highest BCUT2D eigenvalue weighted by atomic mass is 35.5. The van der Waals surface area contributed by atoms with Crippen LogP contribution in [0.5, 0.6) is 0 Å². The van der Waals surface area contributed by atoms with Crippen LogP contribution in [0.3, 0.4) is 0 Å². The summed E-state index contributed by atoms with van der Waals surface area (Å²) in [6.07, 6.45) is 2.73. The van der Waals surface area contributed by atoms with E-state index in [0.29, 0.717) is 25.0 Å². The molecule has 0 bridgehead atoms. The third-order valence-corrected chi connectivity index (χ3v) is 4.50. The van der Waals surface area contributed by atoms with Gasteiger partial charge in [-0.3, -0.25) is 4.99 Å². The number of hydrogen-bond acceptors (Lipinski definition) is 3. The van der Waals surface area contributed by atoms with Crippen LogP contribution in [0, 0.1) is 5.92 Å². The molecular formula is C18H27ClN4O2. The van der Waals surface area contributed by atoms with E-state index < -0.39 is 0 Å². The second-order valence-electron chi connectivity index (χ2n) is 6.03. The largest absolute Gasteiger partial charge is 0.450 e. The van der Waals surface area contributed by atoms with E-state index in [1.807, 2.05) is 24.3 Å². The fraction of sp³-hybridized carbons (Fsp3) is 0.556. The van der Waals surface area contributed by atoms with Gasteiger partial charge >= 0.3 is 6.09 Å². The number of alkyl carbamates (subject to hydrolysis) is 1. The van der Waals surface area contributed by atoms with Gasteiger partial charge in [-0.15, -0.1) is 0 Å². The van der Waals surface area contributed by atoms with E-state index in [-0.39, 0.29) is 12.1 Å². The molecule has 1 aliphatic rings. The van der Waals surface area contributed by atoms with E-state index in [2.05, 4.69) is 20.9 Å². The van der Waals surface area contributed by atoms with Crippen LogP contribution in [0.25, 0.3) is 0 Å². The zero-order valence-electron chi connectivity index (χ0n) is 14.8. The van der Waals surface area contributed by atoms with E-state index in [1.165, 1.54) is 0 Å². The number of benzene rings is 1. The molecule has 7 heteroatoms. The Balaban J connectivity index is 1.75. The number of ether oxygens (including phenoxy) is 1. The molecule has 1 saturated carbocycles. The lowest BCUT2D eigenvalue weighted by Crippen LogP contribution is -2.48.